The Kier molecular flexibility index (Phi) is 2.82. The minimum Gasteiger partial charge on any atom is -0.480 e. The van der Waals surface area contributed by atoms with Crippen molar-refractivity contribution in [1.29, 1.82) is 0 Å². The van der Waals surface area contributed by atoms with E-state index in [1.165, 1.54) is 24.5 Å². The number of aliphatic carboxylic acids is 1. The van der Waals surface area contributed by atoms with E-state index in [1.54, 1.807) is 6.07 Å². The third-order valence-electron chi connectivity index (χ3n) is 1.79. The van der Waals surface area contributed by atoms with Crippen molar-refractivity contribution in [2.45, 2.75) is 13.0 Å². The van der Waals surface area contributed by atoms with Gasteiger partial charge in [-0.3, -0.25) is 4.79 Å². The van der Waals surface area contributed by atoms with Gasteiger partial charge in [0.15, 0.2) is 5.01 Å². The van der Waals surface area contributed by atoms with Crippen molar-refractivity contribution < 1.29 is 14.4 Å². The molecule has 0 spiro atoms. The smallest absolute Gasteiger partial charge is 0.325 e. The van der Waals surface area contributed by atoms with Gasteiger partial charge in [0.2, 0.25) is 5.13 Å². The summed E-state index contributed by atoms with van der Waals surface area (Å²) in [5.74, 6) is -0.946. The van der Waals surface area contributed by atoms with Crippen LogP contribution in [-0.2, 0) is 4.79 Å². The molecule has 7 nitrogen and oxygen atoms in total. The van der Waals surface area contributed by atoms with Crippen molar-refractivity contribution in [2.75, 3.05) is 5.32 Å². The van der Waals surface area contributed by atoms with Crippen LogP contribution in [0.15, 0.2) is 16.9 Å². The molecule has 0 aliphatic carbocycles. The van der Waals surface area contributed by atoms with Crippen LogP contribution in [0.3, 0.4) is 0 Å². The summed E-state index contributed by atoms with van der Waals surface area (Å²) in [6.07, 6.45) is 1.43. The zero-order valence-corrected chi connectivity index (χ0v) is 9.06. The number of hydrogen-bond donors (Lipinski definition) is 2. The molecule has 1 atom stereocenters. The van der Waals surface area contributed by atoms with Gasteiger partial charge in [-0.25, -0.2) is 0 Å². The van der Waals surface area contributed by atoms with Crippen molar-refractivity contribution in [3.05, 3.63) is 12.3 Å². The molecule has 0 fully saturated rings. The number of rotatable bonds is 4. The van der Waals surface area contributed by atoms with E-state index in [-0.39, 0.29) is 0 Å². The zero-order chi connectivity index (χ0) is 11.5. The van der Waals surface area contributed by atoms with E-state index in [9.17, 15) is 4.79 Å². The maximum absolute atomic E-state index is 10.6. The summed E-state index contributed by atoms with van der Waals surface area (Å²) in [6, 6.07) is 0.948. The number of nitrogens with zero attached hydrogens (tertiary/aromatic N) is 3. The molecule has 2 heterocycles. The fourth-order valence-electron chi connectivity index (χ4n) is 0.955. The van der Waals surface area contributed by atoms with Gasteiger partial charge in [0.05, 0.1) is 0 Å². The third-order valence-corrected chi connectivity index (χ3v) is 2.67. The van der Waals surface area contributed by atoms with E-state index in [1.807, 2.05) is 0 Å². The van der Waals surface area contributed by atoms with Crippen molar-refractivity contribution in [3.8, 4) is 10.7 Å². The van der Waals surface area contributed by atoms with Gasteiger partial charge in [0, 0.05) is 6.07 Å². The average molecular weight is 240 g/mol. The van der Waals surface area contributed by atoms with E-state index in [2.05, 4.69) is 25.2 Å². The molecule has 2 aromatic rings. The lowest BCUT2D eigenvalue weighted by atomic mass is 10.4. The minimum absolute atomic E-state index is 0.438. The molecule has 2 rings (SSSR count). The predicted octanol–water partition coefficient (Wildman–Crippen LogP) is 1.08. The Morgan fingerprint density at radius 1 is 1.62 bits per heavy atom. The Morgan fingerprint density at radius 2 is 2.44 bits per heavy atom. The lowest BCUT2D eigenvalue weighted by Gasteiger charge is -2.05. The summed E-state index contributed by atoms with van der Waals surface area (Å²) >= 11 is 1.22. The second-order valence-corrected chi connectivity index (χ2v) is 3.98. The number of carboxylic acids is 1. The van der Waals surface area contributed by atoms with Gasteiger partial charge in [-0.2, -0.15) is 0 Å². The third kappa shape index (κ3) is 2.16. The number of hydrogen-bond acceptors (Lipinski definition) is 7. The van der Waals surface area contributed by atoms with Crippen LogP contribution in [0, 0.1) is 0 Å². The van der Waals surface area contributed by atoms with Crippen LogP contribution in [0.5, 0.6) is 0 Å². The highest BCUT2D eigenvalue weighted by Crippen LogP contribution is 2.24. The molecule has 0 unspecified atom stereocenters. The molecule has 2 N–H and O–H groups in total. The summed E-state index contributed by atoms with van der Waals surface area (Å²) in [5.41, 5.74) is 0.577. The molecule has 0 saturated carbocycles. The fourth-order valence-corrected chi connectivity index (χ4v) is 1.75. The highest BCUT2D eigenvalue weighted by Gasteiger charge is 2.14. The first-order valence-electron chi connectivity index (χ1n) is 4.40. The molecule has 0 radical (unpaired) electrons. The Labute approximate surface area is 94.1 Å². The summed E-state index contributed by atoms with van der Waals surface area (Å²) in [5, 5.41) is 23.8. The molecule has 16 heavy (non-hydrogen) atoms. The SMILES string of the molecule is C[C@@H](Nc1nnc(-c2ccon2)s1)C(=O)O. The monoisotopic (exact) mass is 240 g/mol. The van der Waals surface area contributed by atoms with Crippen molar-refractivity contribution in [1.82, 2.24) is 15.4 Å². The van der Waals surface area contributed by atoms with E-state index < -0.39 is 12.0 Å². The lowest BCUT2D eigenvalue weighted by molar-refractivity contribution is -0.137. The van der Waals surface area contributed by atoms with Gasteiger partial charge in [-0.15, -0.1) is 10.2 Å². The number of aromatic nitrogens is 3. The highest BCUT2D eigenvalue weighted by molar-refractivity contribution is 7.18. The predicted molar refractivity (Wildman–Crippen MR) is 56.1 cm³/mol. The normalized spacial score (nSPS) is 12.3. The molecule has 8 heteroatoms. The van der Waals surface area contributed by atoms with Crippen molar-refractivity contribution >= 4 is 22.4 Å². The average Bonchev–Trinajstić information content (AvgIpc) is 2.85. The standard InChI is InChI=1S/C8H8N4O3S/c1-4(7(13)14)9-8-11-10-6(16-8)5-2-3-15-12-5/h2-4H,1H3,(H,9,11)(H,13,14)/t4-/m1/s1. The second-order valence-electron chi connectivity index (χ2n) is 3.00. The van der Waals surface area contributed by atoms with Crippen molar-refractivity contribution in [3.63, 3.8) is 0 Å². The first kappa shape index (κ1) is 10.6. The molecule has 84 valence electrons. The lowest BCUT2D eigenvalue weighted by Crippen LogP contribution is -2.25. The molecule has 0 aliphatic heterocycles. The van der Waals surface area contributed by atoms with Gasteiger partial charge >= 0.3 is 5.97 Å². The topological polar surface area (TPSA) is 101 Å². The molecule has 0 aliphatic rings. The van der Waals surface area contributed by atoms with Crippen LogP contribution >= 0.6 is 11.3 Å². The van der Waals surface area contributed by atoms with Crippen LogP contribution in [0.4, 0.5) is 5.13 Å². The Morgan fingerprint density at radius 3 is 3.06 bits per heavy atom. The number of nitrogens with one attached hydrogen (secondary N) is 1. The molecule has 2 aromatic heterocycles. The first-order chi connectivity index (χ1) is 7.66. The maximum Gasteiger partial charge on any atom is 0.325 e. The van der Waals surface area contributed by atoms with E-state index >= 15 is 0 Å². The molecular formula is C8H8N4O3S. The van der Waals surface area contributed by atoms with Gasteiger partial charge in [0.1, 0.15) is 18.0 Å². The van der Waals surface area contributed by atoms with Crippen LogP contribution in [0.2, 0.25) is 0 Å². The summed E-state index contributed by atoms with van der Waals surface area (Å²) in [4.78, 5) is 10.6. The maximum atomic E-state index is 10.6. The number of anilines is 1. The molecule has 0 saturated heterocycles. The Balaban J connectivity index is 2.11. The Bertz CT molecular complexity index is 481. The largest absolute Gasteiger partial charge is 0.480 e. The fraction of sp³-hybridized carbons (Fsp3) is 0.250. The van der Waals surface area contributed by atoms with Crippen LogP contribution < -0.4 is 5.32 Å². The van der Waals surface area contributed by atoms with Crippen LogP contribution in [0.25, 0.3) is 10.7 Å². The van der Waals surface area contributed by atoms with Crippen LogP contribution in [0.1, 0.15) is 6.92 Å². The van der Waals surface area contributed by atoms with E-state index in [0.717, 1.165) is 0 Å². The summed E-state index contributed by atoms with van der Waals surface area (Å²) in [6.45, 7) is 1.53. The van der Waals surface area contributed by atoms with E-state index in [0.29, 0.717) is 15.8 Å². The molecule has 0 aromatic carbocycles. The van der Waals surface area contributed by atoms with Crippen LogP contribution in [-0.4, -0.2) is 32.5 Å². The number of carboxylic acid groups (broad SMARTS) is 1. The quantitative estimate of drug-likeness (QED) is 0.824. The summed E-state index contributed by atoms with van der Waals surface area (Å²) in [7, 11) is 0. The molecular weight excluding hydrogens is 232 g/mol. The molecule has 0 bridgehead atoms. The Hall–Kier alpha value is -1.96. The van der Waals surface area contributed by atoms with Crippen molar-refractivity contribution in [2.24, 2.45) is 0 Å². The second kappa shape index (κ2) is 4.27. The van der Waals surface area contributed by atoms with E-state index in [4.69, 9.17) is 5.11 Å². The van der Waals surface area contributed by atoms with Gasteiger partial charge in [0.25, 0.3) is 0 Å². The summed E-state index contributed by atoms with van der Waals surface area (Å²) < 4.78 is 4.67. The molecule has 0 amide bonds. The number of carbonyl (C=O) groups is 1. The minimum atomic E-state index is -0.946. The first-order valence-corrected chi connectivity index (χ1v) is 5.22. The van der Waals surface area contributed by atoms with Gasteiger partial charge in [-0.1, -0.05) is 16.5 Å². The zero-order valence-electron chi connectivity index (χ0n) is 8.25. The van der Waals surface area contributed by atoms with Gasteiger partial charge < -0.3 is 14.9 Å². The highest BCUT2D eigenvalue weighted by atomic mass is 32.1. The van der Waals surface area contributed by atoms with Gasteiger partial charge in [-0.05, 0) is 6.92 Å².